The topological polar surface area (TPSA) is 78.9 Å². The number of rotatable bonds is 7. The van der Waals surface area contributed by atoms with Crippen LogP contribution in [0.3, 0.4) is 0 Å². The lowest BCUT2D eigenvalue weighted by atomic mass is 10.2. The van der Waals surface area contributed by atoms with E-state index in [2.05, 4.69) is 10.2 Å². The lowest BCUT2D eigenvalue weighted by molar-refractivity contribution is 0.102. The Hall–Kier alpha value is -2.91. The van der Waals surface area contributed by atoms with Gasteiger partial charge in [-0.05, 0) is 55.9 Å². The summed E-state index contributed by atoms with van der Waals surface area (Å²) in [5.74, 6) is 0.166. The average Bonchev–Trinajstić information content (AvgIpc) is 2.85. The van der Waals surface area contributed by atoms with Crippen LogP contribution in [-0.2, 0) is 16.6 Å². The molecule has 0 saturated carbocycles. The second kappa shape index (κ2) is 10.8. The van der Waals surface area contributed by atoms with Gasteiger partial charge in [-0.25, -0.2) is 8.42 Å². The van der Waals surface area contributed by atoms with Crippen molar-refractivity contribution in [1.29, 1.82) is 0 Å². The summed E-state index contributed by atoms with van der Waals surface area (Å²) >= 11 is 6.18. The maximum absolute atomic E-state index is 13.2. The second-order valence-corrected chi connectivity index (χ2v) is 10.9. The first-order valence-electron chi connectivity index (χ1n) is 11.3. The number of nitrogens with one attached hydrogen (secondary N) is 1. The number of anilines is 1. The molecule has 1 fully saturated rings. The molecule has 4 rings (SSSR count). The molecule has 1 aliphatic rings. The number of amides is 1. The normalized spacial score (nSPS) is 15.1. The van der Waals surface area contributed by atoms with Crippen molar-refractivity contribution in [3.05, 3.63) is 88.4 Å². The van der Waals surface area contributed by atoms with Crippen molar-refractivity contribution < 1.29 is 17.9 Å². The largest absolute Gasteiger partial charge is 0.489 e. The zero-order chi connectivity index (χ0) is 25.0. The molecule has 35 heavy (non-hydrogen) atoms. The highest BCUT2D eigenvalue weighted by atomic mass is 35.5. The van der Waals surface area contributed by atoms with Gasteiger partial charge in [0.15, 0.2) is 0 Å². The van der Waals surface area contributed by atoms with Gasteiger partial charge in [-0.15, -0.1) is 0 Å². The van der Waals surface area contributed by atoms with Gasteiger partial charge < -0.3 is 15.0 Å². The molecule has 1 saturated heterocycles. The van der Waals surface area contributed by atoms with Crippen LogP contribution in [0.15, 0.2) is 71.6 Å². The summed E-state index contributed by atoms with van der Waals surface area (Å²) in [5.41, 5.74) is 2.29. The Morgan fingerprint density at radius 3 is 2.49 bits per heavy atom. The molecule has 1 N–H and O–H groups in total. The summed E-state index contributed by atoms with van der Waals surface area (Å²) < 4.78 is 33.8. The molecule has 1 aliphatic heterocycles. The second-order valence-electron chi connectivity index (χ2n) is 8.55. The van der Waals surface area contributed by atoms with E-state index in [0.29, 0.717) is 53.8 Å². The Balaban J connectivity index is 1.47. The minimum atomic E-state index is -3.66. The summed E-state index contributed by atoms with van der Waals surface area (Å²) in [5, 5.41) is 3.43. The molecule has 3 aromatic carbocycles. The number of nitrogens with zero attached hydrogens (tertiary/aromatic N) is 2. The summed E-state index contributed by atoms with van der Waals surface area (Å²) in [6.07, 6.45) is 0. The fraction of sp³-hybridized carbons (Fsp3) is 0.269. The van der Waals surface area contributed by atoms with Gasteiger partial charge in [0.05, 0.1) is 4.90 Å². The van der Waals surface area contributed by atoms with Crippen LogP contribution in [0.1, 0.15) is 21.5 Å². The fourth-order valence-corrected chi connectivity index (χ4v) is 5.69. The van der Waals surface area contributed by atoms with Gasteiger partial charge in [0.1, 0.15) is 12.4 Å². The Morgan fingerprint density at radius 1 is 1.00 bits per heavy atom. The maximum Gasteiger partial charge on any atom is 0.255 e. The number of carbonyl (C=O) groups is 1. The van der Waals surface area contributed by atoms with Gasteiger partial charge in [0.25, 0.3) is 5.91 Å². The smallest absolute Gasteiger partial charge is 0.255 e. The minimum absolute atomic E-state index is 0.205. The van der Waals surface area contributed by atoms with Crippen molar-refractivity contribution >= 4 is 33.2 Å². The van der Waals surface area contributed by atoms with Crippen LogP contribution in [0, 0.1) is 6.92 Å². The summed E-state index contributed by atoms with van der Waals surface area (Å²) in [7, 11) is -1.68. The molecule has 1 heterocycles. The van der Waals surface area contributed by atoms with E-state index in [1.165, 1.54) is 10.4 Å². The first-order valence-corrected chi connectivity index (χ1v) is 13.1. The van der Waals surface area contributed by atoms with E-state index in [-0.39, 0.29) is 17.4 Å². The minimum Gasteiger partial charge on any atom is -0.489 e. The first-order chi connectivity index (χ1) is 16.7. The first kappa shape index (κ1) is 25.2. The molecular weight excluding hydrogens is 486 g/mol. The lowest BCUT2D eigenvalue weighted by Crippen LogP contribution is -2.47. The number of piperazine rings is 1. The SMILES string of the molecule is Cc1ccc(NC(=O)c2cccc(OCc3ccccc3Cl)c2)cc1S(=O)(=O)N1CCN(C)CC1. The quantitative estimate of drug-likeness (QED) is 0.506. The van der Waals surface area contributed by atoms with Crippen LogP contribution >= 0.6 is 11.6 Å². The third-order valence-electron chi connectivity index (χ3n) is 5.97. The van der Waals surface area contributed by atoms with Gasteiger partial charge in [-0.2, -0.15) is 4.31 Å². The van der Waals surface area contributed by atoms with Crippen molar-refractivity contribution in [3.8, 4) is 5.75 Å². The van der Waals surface area contributed by atoms with Gasteiger partial charge in [-0.1, -0.05) is 41.9 Å². The Labute approximate surface area is 211 Å². The molecule has 0 atom stereocenters. The van der Waals surface area contributed by atoms with E-state index in [1.807, 2.05) is 25.2 Å². The number of ether oxygens (including phenoxy) is 1. The Morgan fingerprint density at radius 2 is 1.74 bits per heavy atom. The monoisotopic (exact) mass is 513 g/mol. The van der Waals surface area contributed by atoms with Crippen LogP contribution in [0.2, 0.25) is 5.02 Å². The van der Waals surface area contributed by atoms with E-state index in [0.717, 1.165) is 5.56 Å². The van der Waals surface area contributed by atoms with Crippen molar-refractivity contribution in [2.24, 2.45) is 0 Å². The van der Waals surface area contributed by atoms with Crippen molar-refractivity contribution in [2.75, 3.05) is 38.5 Å². The van der Waals surface area contributed by atoms with Gasteiger partial charge >= 0.3 is 0 Å². The maximum atomic E-state index is 13.2. The Bertz CT molecular complexity index is 1320. The van der Waals surface area contributed by atoms with E-state index in [4.69, 9.17) is 16.3 Å². The molecule has 1 amide bonds. The predicted octanol–water partition coefficient (Wildman–Crippen LogP) is 4.42. The molecule has 0 aromatic heterocycles. The standard InChI is InChI=1S/C26H28ClN3O4S/c1-19-10-11-22(17-25(19)35(32,33)30-14-12-29(2)13-15-30)28-26(31)20-7-5-8-23(16-20)34-18-21-6-3-4-9-24(21)27/h3-11,16-17H,12-15,18H2,1-2H3,(H,28,31). The lowest BCUT2D eigenvalue weighted by Gasteiger charge is -2.32. The van der Waals surface area contributed by atoms with Crippen molar-refractivity contribution in [2.45, 2.75) is 18.4 Å². The molecule has 0 radical (unpaired) electrons. The number of likely N-dealkylation sites (N-methyl/N-ethyl adjacent to an activating group) is 1. The number of halogens is 1. The van der Waals surface area contributed by atoms with Gasteiger partial charge in [-0.3, -0.25) is 4.79 Å². The number of carbonyl (C=O) groups excluding carboxylic acids is 1. The number of benzene rings is 3. The van der Waals surface area contributed by atoms with Gasteiger partial charge in [0, 0.05) is 48.0 Å². The highest BCUT2D eigenvalue weighted by Gasteiger charge is 2.29. The molecule has 0 spiro atoms. The average molecular weight is 514 g/mol. The molecule has 184 valence electrons. The van der Waals surface area contributed by atoms with Crippen LogP contribution in [-0.4, -0.2) is 56.8 Å². The zero-order valence-electron chi connectivity index (χ0n) is 19.7. The van der Waals surface area contributed by atoms with E-state index >= 15 is 0 Å². The molecule has 0 bridgehead atoms. The highest BCUT2D eigenvalue weighted by Crippen LogP contribution is 2.25. The van der Waals surface area contributed by atoms with Crippen LogP contribution in [0.25, 0.3) is 0 Å². The Kier molecular flexibility index (Phi) is 7.76. The number of aryl methyl sites for hydroxylation is 1. The third kappa shape index (κ3) is 6.02. The number of hydrogen-bond donors (Lipinski definition) is 1. The number of hydrogen-bond acceptors (Lipinski definition) is 5. The summed E-state index contributed by atoms with van der Waals surface area (Å²) in [4.78, 5) is 15.2. The van der Waals surface area contributed by atoms with E-state index < -0.39 is 10.0 Å². The molecular formula is C26H28ClN3O4S. The van der Waals surface area contributed by atoms with Crippen LogP contribution < -0.4 is 10.1 Å². The summed E-state index contributed by atoms with van der Waals surface area (Å²) in [6.45, 7) is 4.28. The highest BCUT2D eigenvalue weighted by molar-refractivity contribution is 7.89. The molecule has 0 unspecified atom stereocenters. The predicted molar refractivity (Wildman–Crippen MR) is 138 cm³/mol. The van der Waals surface area contributed by atoms with E-state index in [9.17, 15) is 13.2 Å². The number of sulfonamides is 1. The molecule has 0 aliphatic carbocycles. The molecule has 3 aromatic rings. The zero-order valence-corrected chi connectivity index (χ0v) is 21.3. The summed E-state index contributed by atoms with van der Waals surface area (Å²) in [6, 6.07) is 19.2. The third-order valence-corrected chi connectivity index (χ3v) is 8.38. The molecule has 9 heteroatoms. The fourth-order valence-electron chi connectivity index (χ4n) is 3.83. The van der Waals surface area contributed by atoms with E-state index in [1.54, 1.807) is 49.4 Å². The van der Waals surface area contributed by atoms with Crippen molar-refractivity contribution in [3.63, 3.8) is 0 Å². The van der Waals surface area contributed by atoms with Gasteiger partial charge in [0.2, 0.25) is 10.0 Å². The van der Waals surface area contributed by atoms with Crippen LogP contribution in [0.5, 0.6) is 5.75 Å². The van der Waals surface area contributed by atoms with Crippen molar-refractivity contribution in [1.82, 2.24) is 9.21 Å². The van der Waals surface area contributed by atoms with Crippen LogP contribution in [0.4, 0.5) is 5.69 Å². The molecule has 7 nitrogen and oxygen atoms in total.